The Morgan fingerprint density at radius 2 is 2.05 bits per heavy atom. The molecule has 0 unspecified atom stereocenters. The monoisotopic (exact) mass is 316 g/mol. The quantitative estimate of drug-likeness (QED) is 0.652. The van der Waals surface area contributed by atoms with Crippen LogP contribution in [0.2, 0.25) is 5.02 Å². The lowest BCUT2D eigenvalue weighted by Crippen LogP contribution is -2.18. The van der Waals surface area contributed by atoms with E-state index in [2.05, 4.69) is 22.7 Å². The van der Waals surface area contributed by atoms with Crippen molar-refractivity contribution >= 4 is 23.7 Å². The zero-order valence-corrected chi connectivity index (χ0v) is 13.0. The summed E-state index contributed by atoms with van der Waals surface area (Å²) in [7, 11) is 1.50. The largest absolute Gasteiger partial charge is 0.496 e. The minimum Gasteiger partial charge on any atom is -0.496 e. The van der Waals surface area contributed by atoms with Crippen molar-refractivity contribution in [1.82, 2.24) is 5.43 Å². The van der Waals surface area contributed by atoms with Gasteiger partial charge in [0.25, 0.3) is 5.91 Å². The molecule has 0 atom stereocenters. The van der Waals surface area contributed by atoms with Crippen LogP contribution in [0.3, 0.4) is 0 Å². The van der Waals surface area contributed by atoms with E-state index in [9.17, 15) is 4.79 Å². The van der Waals surface area contributed by atoms with E-state index < -0.39 is 0 Å². The summed E-state index contributed by atoms with van der Waals surface area (Å²) in [6.45, 7) is 0. The standard InChI is InChI=1S/C17H17ClN2O2/c1-22-16-10-9-14(18)12-15(16)17(21)20-19-11-5-8-13-6-3-2-4-7-13/h2-4,6-7,9-12H,5,8H2,1H3,(H,20,21)/b19-11+. The molecule has 0 radical (unpaired) electrons. The first-order chi connectivity index (χ1) is 10.7. The highest BCUT2D eigenvalue weighted by atomic mass is 35.5. The van der Waals surface area contributed by atoms with Crippen LogP contribution < -0.4 is 10.2 Å². The van der Waals surface area contributed by atoms with Crippen molar-refractivity contribution in [3.8, 4) is 5.75 Å². The first-order valence-corrected chi connectivity index (χ1v) is 7.28. The highest BCUT2D eigenvalue weighted by Crippen LogP contribution is 2.22. The minimum absolute atomic E-state index is 0.352. The number of carbonyl (C=O) groups is 1. The first-order valence-electron chi connectivity index (χ1n) is 6.90. The zero-order chi connectivity index (χ0) is 15.8. The number of nitrogens with one attached hydrogen (secondary N) is 1. The van der Waals surface area contributed by atoms with E-state index in [4.69, 9.17) is 16.3 Å². The van der Waals surface area contributed by atoms with Gasteiger partial charge in [-0.3, -0.25) is 4.79 Å². The second-order valence-electron chi connectivity index (χ2n) is 4.62. The molecule has 0 aromatic heterocycles. The Kier molecular flexibility index (Phi) is 5.98. The number of aryl methyl sites for hydroxylation is 1. The Balaban J connectivity index is 1.87. The van der Waals surface area contributed by atoms with Gasteiger partial charge in [-0.2, -0.15) is 5.10 Å². The molecule has 0 saturated carbocycles. The smallest absolute Gasteiger partial charge is 0.275 e. The number of ether oxygens (including phenoxy) is 1. The van der Waals surface area contributed by atoms with Crippen molar-refractivity contribution in [3.63, 3.8) is 0 Å². The van der Waals surface area contributed by atoms with Crippen LogP contribution in [0.1, 0.15) is 22.3 Å². The molecule has 2 rings (SSSR count). The normalized spacial score (nSPS) is 10.6. The van der Waals surface area contributed by atoms with Crippen LogP contribution in [0.15, 0.2) is 53.6 Å². The topological polar surface area (TPSA) is 50.7 Å². The van der Waals surface area contributed by atoms with Gasteiger partial charge in [0, 0.05) is 11.2 Å². The highest BCUT2D eigenvalue weighted by molar-refractivity contribution is 6.31. The van der Waals surface area contributed by atoms with Crippen molar-refractivity contribution in [2.45, 2.75) is 12.8 Å². The molecule has 2 aromatic carbocycles. The number of benzene rings is 2. The summed E-state index contributed by atoms with van der Waals surface area (Å²) in [5, 5.41) is 4.42. The van der Waals surface area contributed by atoms with Gasteiger partial charge < -0.3 is 4.74 Å². The minimum atomic E-state index is -0.352. The van der Waals surface area contributed by atoms with Crippen molar-refractivity contribution in [2.75, 3.05) is 7.11 Å². The van der Waals surface area contributed by atoms with Crippen molar-refractivity contribution < 1.29 is 9.53 Å². The number of hydrogen-bond donors (Lipinski definition) is 1. The number of halogens is 1. The van der Waals surface area contributed by atoms with Crippen LogP contribution in [-0.4, -0.2) is 19.2 Å². The zero-order valence-electron chi connectivity index (χ0n) is 12.3. The summed E-state index contributed by atoms with van der Waals surface area (Å²) in [5.41, 5.74) is 4.07. The van der Waals surface area contributed by atoms with Gasteiger partial charge in [0.05, 0.1) is 12.7 Å². The third kappa shape index (κ3) is 4.60. The predicted octanol–water partition coefficient (Wildman–Crippen LogP) is 3.70. The van der Waals surface area contributed by atoms with E-state index in [1.54, 1.807) is 24.4 Å². The number of methoxy groups -OCH3 is 1. The molecule has 0 heterocycles. The molecule has 0 aliphatic rings. The fourth-order valence-corrected chi connectivity index (χ4v) is 2.13. The summed E-state index contributed by atoms with van der Waals surface area (Å²) < 4.78 is 5.14. The second-order valence-corrected chi connectivity index (χ2v) is 5.06. The first kappa shape index (κ1) is 16.0. The fourth-order valence-electron chi connectivity index (χ4n) is 1.96. The molecule has 22 heavy (non-hydrogen) atoms. The maximum Gasteiger partial charge on any atom is 0.275 e. The van der Waals surface area contributed by atoms with Crippen molar-refractivity contribution in [3.05, 3.63) is 64.7 Å². The van der Waals surface area contributed by atoms with Crippen molar-refractivity contribution in [2.24, 2.45) is 5.10 Å². The molecule has 0 aliphatic carbocycles. The fraction of sp³-hybridized carbons (Fsp3) is 0.176. The molecule has 1 amide bonds. The maximum absolute atomic E-state index is 12.0. The van der Waals surface area contributed by atoms with E-state index in [0.29, 0.717) is 16.3 Å². The van der Waals surface area contributed by atoms with Crippen LogP contribution in [0.5, 0.6) is 5.75 Å². The van der Waals surface area contributed by atoms with Gasteiger partial charge in [0.15, 0.2) is 0 Å². The summed E-state index contributed by atoms with van der Waals surface area (Å²) in [6, 6.07) is 15.0. The SMILES string of the molecule is COc1ccc(Cl)cc1C(=O)N/N=C/CCc1ccccc1. The van der Waals surface area contributed by atoms with Gasteiger partial charge in [-0.1, -0.05) is 41.9 Å². The van der Waals surface area contributed by atoms with Crippen LogP contribution >= 0.6 is 11.6 Å². The third-order valence-corrected chi connectivity index (χ3v) is 3.30. The number of nitrogens with zero attached hydrogens (tertiary/aromatic N) is 1. The average Bonchev–Trinajstić information content (AvgIpc) is 2.55. The summed E-state index contributed by atoms with van der Waals surface area (Å²) in [4.78, 5) is 12.0. The molecule has 0 spiro atoms. The Morgan fingerprint density at radius 3 is 2.77 bits per heavy atom. The van der Waals surface area contributed by atoms with Crippen molar-refractivity contribution in [1.29, 1.82) is 0 Å². The molecule has 0 fully saturated rings. The average molecular weight is 317 g/mol. The maximum atomic E-state index is 12.0. The van der Waals surface area contributed by atoms with Gasteiger partial charge in [0.1, 0.15) is 5.75 Å². The molecule has 1 N–H and O–H groups in total. The summed E-state index contributed by atoms with van der Waals surface area (Å²) in [5.74, 6) is 0.108. The van der Waals surface area contributed by atoms with Crippen LogP contribution in [0, 0.1) is 0 Å². The van der Waals surface area contributed by atoms with Gasteiger partial charge in [-0.15, -0.1) is 0 Å². The number of rotatable bonds is 6. The van der Waals surface area contributed by atoms with Gasteiger partial charge >= 0.3 is 0 Å². The van der Waals surface area contributed by atoms with E-state index in [1.807, 2.05) is 18.2 Å². The Hall–Kier alpha value is -2.33. The number of hydrogen-bond acceptors (Lipinski definition) is 3. The van der Waals surface area contributed by atoms with E-state index in [1.165, 1.54) is 12.7 Å². The van der Waals surface area contributed by atoms with Crippen LogP contribution in [0.25, 0.3) is 0 Å². The van der Waals surface area contributed by atoms with E-state index >= 15 is 0 Å². The van der Waals surface area contributed by atoms with Crippen LogP contribution in [-0.2, 0) is 6.42 Å². The number of hydrazone groups is 1. The van der Waals surface area contributed by atoms with Crippen LogP contribution in [0.4, 0.5) is 0 Å². The second kappa shape index (κ2) is 8.20. The molecule has 4 nitrogen and oxygen atoms in total. The molecular formula is C17H17ClN2O2. The molecule has 0 bridgehead atoms. The third-order valence-electron chi connectivity index (χ3n) is 3.07. The molecule has 0 saturated heterocycles. The molecule has 2 aromatic rings. The lowest BCUT2D eigenvalue weighted by Gasteiger charge is -2.07. The molecule has 5 heteroatoms. The van der Waals surface area contributed by atoms with Gasteiger partial charge in [-0.05, 0) is 36.6 Å². The molecule has 114 valence electrons. The Bertz CT molecular complexity index is 657. The number of carbonyl (C=O) groups excluding carboxylic acids is 1. The van der Waals surface area contributed by atoms with Gasteiger partial charge in [0.2, 0.25) is 0 Å². The lowest BCUT2D eigenvalue weighted by atomic mass is 10.1. The Morgan fingerprint density at radius 1 is 1.27 bits per heavy atom. The highest BCUT2D eigenvalue weighted by Gasteiger charge is 2.11. The molecule has 0 aliphatic heterocycles. The summed E-state index contributed by atoms with van der Waals surface area (Å²) in [6.07, 6.45) is 3.31. The van der Waals surface area contributed by atoms with E-state index in [0.717, 1.165) is 12.8 Å². The predicted molar refractivity (Wildman–Crippen MR) is 88.7 cm³/mol. The number of amides is 1. The summed E-state index contributed by atoms with van der Waals surface area (Å²) >= 11 is 5.90. The van der Waals surface area contributed by atoms with E-state index in [-0.39, 0.29) is 5.91 Å². The molecular weight excluding hydrogens is 300 g/mol. The van der Waals surface area contributed by atoms with Gasteiger partial charge in [-0.25, -0.2) is 5.43 Å². The Labute approximate surface area is 134 Å². The lowest BCUT2D eigenvalue weighted by molar-refractivity contribution is 0.0952.